The van der Waals surface area contributed by atoms with E-state index in [9.17, 15) is 13.2 Å². The van der Waals surface area contributed by atoms with Crippen LogP contribution in [0.5, 0.6) is 0 Å². The molecule has 0 atom stereocenters. The van der Waals surface area contributed by atoms with E-state index in [-0.39, 0.29) is 22.7 Å². The molecule has 0 radical (unpaired) electrons. The van der Waals surface area contributed by atoms with Gasteiger partial charge in [-0.3, -0.25) is 9.10 Å². The average molecular weight is 532 g/mol. The van der Waals surface area contributed by atoms with Crippen LogP contribution in [0.1, 0.15) is 32.6 Å². The number of rotatable bonds is 8. The minimum Gasteiger partial charge on any atom is -0.267 e. The number of anilines is 1. The largest absolute Gasteiger partial charge is 0.273 e. The fraction of sp³-hybridized carbons (Fsp3) is 0.103. The Labute approximate surface area is 222 Å². The van der Waals surface area contributed by atoms with Crippen LogP contribution in [-0.4, -0.2) is 20.5 Å². The SMILES string of the molecule is Cc1ccc(/C=N\NC(=O)c2ccccc2N(Cc2ccc(Cl)cc2)S(=O)(=O)c2ccc(C)cc2)cc1. The van der Waals surface area contributed by atoms with Gasteiger partial charge in [0.15, 0.2) is 0 Å². The zero-order valence-electron chi connectivity index (χ0n) is 20.4. The van der Waals surface area contributed by atoms with Crippen LogP contribution in [0.15, 0.2) is 107 Å². The third-order valence-corrected chi connectivity index (χ3v) is 7.75. The van der Waals surface area contributed by atoms with Gasteiger partial charge >= 0.3 is 0 Å². The molecule has 0 unspecified atom stereocenters. The molecule has 188 valence electrons. The molecule has 0 aliphatic heterocycles. The molecule has 8 heteroatoms. The number of amides is 1. The van der Waals surface area contributed by atoms with E-state index in [1.54, 1.807) is 72.8 Å². The van der Waals surface area contributed by atoms with Crippen molar-refractivity contribution in [1.82, 2.24) is 5.43 Å². The number of nitrogens with one attached hydrogen (secondary N) is 1. The fourth-order valence-electron chi connectivity index (χ4n) is 3.65. The van der Waals surface area contributed by atoms with Gasteiger partial charge in [-0.1, -0.05) is 83.4 Å². The Hall–Kier alpha value is -3.94. The van der Waals surface area contributed by atoms with Crippen molar-refractivity contribution in [2.24, 2.45) is 5.10 Å². The van der Waals surface area contributed by atoms with Crippen LogP contribution in [-0.2, 0) is 16.6 Å². The van der Waals surface area contributed by atoms with Crippen molar-refractivity contribution in [3.8, 4) is 0 Å². The first kappa shape index (κ1) is 26.1. The molecule has 0 heterocycles. The molecule has 4 rings (SSSR count). The molecule has 0 saturated heterocycles. The van der Waals surface area contributed by atoms with Gasteiger partial charge in [-0.25, -0.2) is 13.8 Å². The van der Waals surface area contributed by atoms with E-state index in [0.29, 0.717) is 10.6 Å². The van der Waals surface area contributed by atoms with Crippen molar-refractivity contribution in [2.75, 3.05) is 4.31 Å². The van der Waals surface area contributed by atoms with Crippen LogP contribution in [0, 0.1) is 13.8 Å². The zero-order chi connectivity index (χ0) is 26.4. The Balaban J connectivity index is 1.70. The first-order valence-corrected chi connectivity index (χ1v) is 13.4. The summed E-state index contributed by atoms with van der Waals surface area (Å²) >= 11 is 6.03. The highest BCUT2D eigenvalue weighted by Gasteiger charge is 2.28. The molecular weight excluding hydrogens is 506 g/mol. The highest BCUT2D eigenvalue weighted by Crippen LogP contribution is 2.29. The Morgan fingerprint density at radius 1 is 0.865 bits per heavy atom. The number of carbonyl (C=O) groups is 1. The quantitative estimate of drug-likeness (QED) is 0.220. The second-order valence-electron chi connectivity index (χ2n) is 8.58. The van der Waals surface area contributed by atoms with Gasteiger partial charge in [0.05, 0.1) is 28.9 Å². The van der Waals surface area contributed by atoms with Gasteiger partial charge in [0.25, 0.3) is 15.9 Å². The van der Waals surface area contributed by atoms with E-state index < -0.39 is 15.9 Å². The summed E-state index contributed by atoms with van der Waals surface area (Å²) in [5.74, 6) is -0.529. The zero-order valence-corrected chi connectivity index (χ0v) is 22.0. The fourth-order valence-corrected chi connectivity index (χ4v) is 5.25. The maximum Gasteiger partial charge on any atom is 0.273 e. The molecule has 0 aromatic heterocycles. The molecule has 0 bridgehead atoms. The summed E-state index contributed by atoms with van der Waals surface area (Å²) in [6.07, 6.45) is 1.54. The minimum absolute atomic E-state index is 0.00427. The molecule has 4 aromatic rings. The molecule has 0 fully saturated rings. The van der Waals surface area contributed by atoms with Gasteiger partial charge in [-0.2, -0.15) is 5.10 Å². The topological polar surface area (TPSA) is 78.8 Å². The van der Waals surface area contributed by atoms with Crippen LogP contribution >= 0.6 is 11.6 Å². The summed E-state index contributed by atoms with van der Waals surface area (Å²) in [5, 5.41) is 4.61. The van der Waals surface area contributed by atoms with Crippen molar-refractivity contribution < 1.29 is 13.2 Å². The first-order chi connectivity index (χ1) is 17.7. The summed E-state index contributed by atoms with van der Waals surface area (Å²) in [4.78, 5) is 13.3. The second-order valence-corrected chi connectivity index (χ2v) is 10.9. The van der Waals surface area contributed by atoms with Gasteiger partial charge in [0.2, 0.25) is 0 Å². The summed E-state index contributed by atoms with van der Waals surface area (Å²) < 4.78 is 28.9. The normalized spacial score (nSPS) is 11.4. The molecule has 0 aliphatic rings. The molecule has 4 aromatic carbocycles. The highest BCUT2D eigenvalue weighted by atomic mass is 35.5. The van der Waals surface area contributed by atoms with Gasteiger partial charge in [0, 0.05) is 5.02 Å². The number of hydrogen-bond acceptors (Lipinski definition) is 4. The number of nitrogens with zero attached hydrogens (tertiary/aromatic N) is 2. The number of aryl methyl sites for hydroxylation is 2. The lowest BCUT2D eigenvalue weighted by Gasteiger charge is -2.26. The lowest BCUT2D eigenvalue weighted by atomic mass is 10.1. The number of hydrogen-bond donors (Lipinski definition) is 1. The minimum atomic E-state index is -4.02. The van der Waals surface area contributed by atoms with E-state index in [2.05, 4.69) is 10.5 Å². The lowest BCUT2D eigenvalue weighted by Crippen LogP contribution is -2.33. The Morgan fingerprint density at radius 3 is 2.11 bits per heavy atom. The van der Waals surface area contributed by atoms with Crippen molar-refractivity contribution in [3.05, 3.63) is 130 Å². The Bertz CT molecular complexity index is 1520. The third-order valence-electron chi connectivity index (χ3n) is 5.72. The highest BCUT2D eigenvalue weighted by molar-refractivity contribution is 7.92. The average Bonchev–Trinajstić information content (AvgIpc) is 2.89. The standard InChI is InChI=1S/C29H26ClN3O3S/c1-21-7-11-23(12-8-21)19-31-32-29(34)27-5-3-4-6-28(27)33(20-24-13-15-25(30)16-14-24)37(35,36)26-17-9-22(2)10-18-26/h3-19H,20H2,1-2H3,(H,32,34)/b31-19-. The van der Waals surface area contributed by atoms with E-state index in [4.69, 9.17) is 11.6 Å². The molecular formula is C29H26ClN3O3S. The lowest BCUT2D eigenvalue weighted by molar-refractivity contribution is 0.0955. The summed E-state index contributed by atoms with van der Waals surface area (Å²) in [6, 6.07) is 27.8. The van der Waals surface area contributed by atoms with Crippen LogP contribution in [0.2, 0.25) is 5.02 Å². The van der Waals surface area contributed by atoms with E-state index in [0.717, 1.165) is 16.7 Å². The smallest absolute Gasteiger partial charge is 0.267 e. The number of benzene rings is 4. The number of para-hydroxylation sites is 1. The monoisotopic (exact) mass is 531 g/mol. The van der Waals surface area contributed by atoms with Crippen LogP contribution in [0.25, 0.3) is 0 Å². The molecule has 0 aliphatic carbocycles. The number of halogens is 1. The molecule has 6 nitrogen and oxygen atoms in total. The van der Waals surface area contributed by atoms with Gasteiger partial charge in [-0.05, 0) is 61.4 Å². The van der Waals surface area contributed by atoms with Gasteiger partial charge < -0.3 is 0 Å². The van der Waals surface area contributed by atoms with E-state index >= 15 is 0 Å². The van der Waals surface area contributed by atoms with Crippen LogP contribution in [0.3, 0.4) is 0 Å². The molecule has 0 spiro atoms. The molecule has 37 heavy (non-hydrogen) atoms. The maximum absolute atomic E-state index is 13.9. The summed E-state index contributed by atoms with van der Waals surface area (Å²) in [7, 11) is -4.02. The van der Waals surface area contributed by atoms with Crippen molar-refractivity contribution >= 4 is 39.4 Å². The van der Waals surface area contributed by atoms with Crippen LogP contribution in [0.4, 0.5) is 5.69 Å². The molecule has 1 amide bonds. The van der Waals surface area contributed by atoms with E-state index in [1.165, 1.54) is 10.5 Å². The van der Waals surface area contributed by atoms with Gasteiger partial charge in [-0.15, -0.1) is 0 Å². The third kappa shape index (κ3) is 6.44. The van der Waals surface area contributed by atoms with E-state index in [1.807, 2.05) is 38.1 Å². The Kier molecular flexibility index (Phi) is 8.06. The predicted octanol–water partition coefficient (Wildman–Crippen LogP) is 6.12. The second kappa shape index (κ2) is 11.4. The number of sulfonamides is 1. The summed E-state index contributed by atoms with van der Waals surface area (Å²) in [5.41, 5.74) is 6.53. The van der Waals surface area contributed by atoms with Gasteiger partial charge in [0.1, 0.15) is 0 Å². The van der Waals surface area contributed by atoms with Crippen molar-refractivity contribution in [3.63, 3.8) is 0 Å². The predicted molar refractivity (Wildman–Crippen MR) is 149 cm³/mol. The van der Waals surface area contributed by atoms with Crippen molar-refractivity contribution in [1.29, 1.82) is 0 Å². The number of carbonyl (C=O) groups excluding carboxylic acids is 1. The molecule has 0 saturated carbocycles. The maximum atomic E-state index is 13.9. The number of hydrazone groups is 1. The first-order valence-electron chi connectivity index (χ1n) is 11.6. The Morgan fingerprint density at radius 2 is 1.46 bits per heavy atom. The van der Waals surface area contributed by atoms with Crippen LogP contribution < -0.4 is 9.73 Å². The summed E-state index contributed by atoms with van der Waals surface area (Å²) in [6.45, 7) is 3.88. The van der Waals surface area contributed by atoms with Crippen molar-refractivity contribution in [2.45, 2.75) is 25.3 Å². The molecule has 1 N–H and O–H groups in total.